The molecule has 3 N–H and O–H groups in total. The number of hydrogen-bond acceptors (Lipinski definition) is 7. The number of aromatic hydroxyl groups is 1. The van der Waals surface area contributed by atoms with E-state index in [9.17, 15) is 24.7 Å². The van der Waals surface area contributed by atoms with Gasteiger partial charge in [-0.05, 0) is 64.1 Å². The van der Waals surface area contributed by atoms with Gasteiger partial charge < -0.3 is 29.7 Å². The zero-order valence-corrected chi connectivity index (χ0v) is 24.1. The molecule has 1 saturated carbocycles. The summed E-state index contributed by atoms with van der Waals surface area (Å²) in [6.45, 7) is 5.56. The van der Waals surface area contributed by atoms with Gasteiger partial charge in [0.1, 0.15) is 16.2 Å². The van der Waals surface area contributed by atoms with Crippen LogP contribution in [0.25, 0.3) is 10.1 Å². The second-order valence-electron chi connectivity index (χ2n) is 11.0. The number of halogens is 1. The fourth-order valence-corrected chi connectivity index (χ4v) is 6.43. The zero-order chi connectivity index (χ0) is 28.5. The van der Waals surface area contributed by atoms with E-state index in [0.717, 1.165) is 10.1 Å². The Morgan fingerprint density at radius 1 is 1.08 bits per heavy atom. The van der Waals surface area contributed by atoms with Gasteiger partial charge in [-0.15, -0.1) is 11.3 Å². The number of thiophene rings is 1. The smallest absolute Gasteiger partial charge is 0.488 e. The van der Waals surface area contributed by atoms with Gasteiger partial charge in [0.25, 0.3) is 5.91 Å². The van der Waals surface area contributed by atoms with Gasteiger partial charge in [-0.3, -0.25) is 4.79 Å². The number of amides is 2. The maximum Gasteiger partial charge on any atom is 0.488 e. The Morgan fingerprint density at radius 3 is 2.33 bits per heavy atom. The summed E-state index contributed by atoms with van der Waals surface area (Å²) in [5.41, 5.74) is 0.0329. The molecule has 0 unspecified atom stereocenters. The van der Waals surface area contributed by atoms with Crippen molar-refractivity contribution in [2.75, 3.05) is 7.05 Å². The van der Waals surface area contributed by atoms with Gasteiger partial charge in [0.2, 0.25) is 0 Å². The highest BCUT2D eigenvalue weighted by atomic mass is 35.5. The van der Waals surface area contributed by atoms with Crippen LogP contribution in [0.2, 0.25) is 5.02 Å². The van der Waals surface area contributed by atoms with Crippen molar-refractivity contribution in [1.82, 2.24) is 9.80 Å². The third kappa shape index (κ3) is 6.69. The summed E-state index contributed by atoms with van der Waals surface area (Å²) in [5.74, 6) is -0.294. The van der Waals surface area contributed by atoms with E-state index in [1.807, 2.05) is 45.0 Å². The second-order valence-corrected chi connectivity index (χ2v) is 12.4. The van der Waals surface area contributed by atoms with Crippen LogP contribution in [-0.2, 0) is 11.3 Å². The van der Waals surface area contributed by atoms with Gasteiger partial charge in [0, 0.05) is 41.3 Å². The number of rotatable bonds is 6. The minimum atomic E-state index is -1.70. The molecule has 8 nitrogen and oxygen atoms in total. The Balaban J connectivity index is 1.61. The highest BCUT2D eigenvalue weighted by Crippen LogP contribution is 2.38. The molecule has 0 spiro atoms. The SMILES string of the molecule is CN(C(=O)OC(C)(C)C)C1CCC(N(Cc2cc(B(O)O)ccc2O)C(=O)c2sc3ccccc3c2Cl)CC1. The van der Waals surface area contributed by atoms with Crippen LogP contribution in [0.15, 0.2) is 42.5 Å². The fraction of sp³-hybridized carbons (Fsp3) is 0.429. The van der Waals surface area contributed by atoms with Gasteiger partial charge in [-0.1, -0.05) is 41.9 Å². The van der Waals surface area contributed by atoms with Crippen LogP contribution in [0, 0.1) is 0 Å². The quantitative estimate of drug-likeness (QED) is 0.367. The van der Waals surface area contributed by atoms with E-state index < -0.39 is 12.7 Å². The van der Waals surface area contributed by atoms with E-state index in [0.29, 0.717) is 41.1 Å². The predicted octanol–water partition coefficient (Wildman–Crippen LogP) is 4.76. The minimum absolute atomic E-state index is 0.0257. The van der Waals surface area contributed by atoms with Crippen molar-refractivity contribution in [2.24, 2.45) is 0 Å². The third-order valence-corrected chi connectivity index (χ3v) is 8.73. The molecule has 2 aromatic carbocycles. The molecular formula is C28H34BClN2O6S. The first kappa shape index (κ1) is 29.2. The van der Waals surface area contributed by atoms with Crippen LogP contribution in [0.3, 0.4) is 0 Å². The van der Waals surface area contributed by atoms with E-state index >= 15 is 0 Å². The number of ether oxygens (including phenoxy) is 1. The lowest BCUT2D eigenvalue weighted by Gasteiger charge is -2.40. The molecule has 0 atom stereocenters. The molecule has 0 radical (unpaired) electrons. The Kier molecular flexibility index (Phi) is 8.80. The number of nitrogens with zero attached hydrogens (tertiary/aromatic N) is 2. The summed E-state index contributed by atoms with van der Waals surface area (Å²) in [7, 11) is 0.0345. The van der Waals surface area contributed by atoms with E-state index in [2.05, 4.69) is 0 Å². The Bertz CT molecular complexity index is 1350. The standard InChI is InChI=1S/C28H34BClN2O6S/c1-28(2,3)38-27(35)31(4)19-10-12-20(13-11-19)32(16-17-15-18(29(36)37)9-14-22(17)33)26(34)25-24(30)21-7-5-6-8-23(21)39-25/h5-9,14-15,19-20,33,36-37H,10-13,16H2,1-4H3. The first-order chi connectivity index (χ1) is 18.4. The maximum absolute atomic E-state index is 14.0. The second kappa shape index (κ2) is 11.8. The predicted molar refractivity (Wildman–Crippen MR) is 155 cm³/mol. The average Bonchev–Trinajstić information content (AvgIpc) is 3.23. The first-order valence-corrected chi connectivity index (χ1v) is 14.2. The highest BCUT2D eigenvalue weighted by Gasteiger charge is 2.35. The number of phenolic OH excluding ortho intramolecular Hbond substituents is 1. The van der Waals surface area contributed by atoms with Crippen LogP contribution in [0.1, 0.15) is 61.7 Å². The van der Waals surface area contributed by atoms with Crippen LogP contribution >= 0.6 is 22.9 Å². The number of hydrogen-bond donors (Lipinski definition) is 3. The highest BCUT2D eigenvalue weighted by molar-refractivity contribution is 7.21. The molecule has 0 saturated heterocycles. The number of fused-ring (bicyclic) bond motifs is 1. The minimum Gasteiger partial charge on any atom is -0.508 e. The van der Waals surface area contributed by atoms with Gasteiger partial charge in [0.05, 0.1) is 5.02 Å². The monoisotopic (exact) mass is 572 g/mol. The summed E-state index contributed by atoms with van der Waals surface area (Å²) >= 11 is 8.00. The van der Waals surface area contributed by atoms with Crippen molar-refractivity contribution in [3.63, 3.8) is 0 Å². The maximum atomic E-state index is 14.0. The number of carbonyl (C=O) groups is 2. The summed E-state index contributed by atoms with van der Waals surface area (Å²) in [4.78, 5) is 30.4. The van der Waals surface area contributed by atoms with Crippen molar-refractivity contribution in [3.05, 3.63) is 57.9 Å². The van der Waals surface area contributed by atoms with Gasteiger partial charge in [-0.2, -0.15) is 0 Å². The molecule has 1 aliphatic rings. The molecule has 2 amide bonds. The number of benzene rings is 2. The normalized spacial score (nSPS) is 17.6. The van der Waals surface area contributed by atoms with Gasteiger partial charge >= 0.3 is 13.2 Å². The molecule has 1 heterocycles. The summed E-state index contributed by atoms with van der Waals surface area (Å²) in [6, 6.07) is 11.7. The summed E-state index contributed by atoms with van der Waals surface area (Å²) in [6.07, 6.45) is 2.24. The largest absolute Gasteiger partial charge is 0.508 e. The lowest BCUT2D eigenvalue weighted by molar-refractivity contribution is 0.0144. The number of phenols is 1. The van der Waals surface area contributed by atoms with Crippen molar-refractivity contribution in [1.29, 1.82) is 0 Å². The van der Waals surface area contributed by atoms with Gasteiger partial charge in [-0.25, -0.2) is 4.79 Å². The van der Waals surface area contributed by atoms with Crippen molar-refractivity contribution in [2.45, 2.75) is 70.7 Å². The van der Waals surface area contributed by atoms with E-state index in [1.54, 1.807) is 16.8 Å². The van der Waals surface area contributed by atoms with E-state index in [1.165, 1.54) is 29.5 Å². The summed E-state index contributed by atoms with van der Waals surface area (Å²) in [5, 5.41) is 31.1. The zero-order valence-electron chi connectivity index (χ0n) is 22.6. The van der Waals surface area contributed by atoms with Crippen molar-refractivity contribution >= 4 is 57.6 Å². The molecule has 208 valence electrons. The molecule has 1 fully saturated rings. The molecule has 11 heteroatoms. The van der Waals surface area contributed by atoms with E-state index in [4.69, 9.17) is 16.3 Å². The Morgan fingerprint density at radius 2 is 1.72 bits per heavy atom. The molecule has 39 heavy (non-hydrogen) atoms. The van der Waals surface area contributed by atoms with Crippen LogP contribution < -0.4 is 5.46 Å². The van der Waals surface area contributed by atoms with E-state index in [-0.39, 0.29) is 41.8 Å². The molecular weight excluding hydrogens is 539 g/mol. The Labute approximate surface area is 237 Å². The molecule has 0 bridgehead atoms. The molecule has 4 rings (SSSR count). The molecule has 0 aliphatic heterocycles. The topological polar surface area (TPSA) is 111 Å². The Hall–Kier alpha value is -2.79. The average molecular weight is 573 g/mol. The number of carbonyl (C=O) groups excluding carboxylic acids is 2. The summed E-state index contributed by atoms with van der Waals surface area (Å²) < 4.78 is 6.43. The van der Waals surface area contributed by atoms with Crippen LogP contribution in [-0.4, -0.2) is 68.8 Å². The van der Waals surface area contributed by atoms with Crippen LogP contribution in [0.5, 0.6) is 5.75 Å². The van der Waals surface area contributed by atoms with Crippen molar-refractivity contribution in [3.8, 4) is 5.75 Å². The molecule has 1 aromatic heterocycles. The third-order valence-electron chi connectivity index (χ3n) is 7.07. The molecule has 1 aliphatic carbocycles. The lowest BCUT2D eigenvalue weighted by Crippen LogP contribution is -2.47. The van der Waals surface area contributed by atoms with Gasteiger partial charge in [0.15, 0.2) is 0 Å². The first-order valence-electron chi connectivity index (χ1n) is 13.0. The fourth-order valence-electron chi connectivity index (χ4n) is 4.97. The lowest BCUT2D eigenvalue weighted by atomic mass is 9.79. The molecule has 3 aromatic rings. The van der Waals surface area contributed by atoms with Crippen LogP contribution in [0.4, 0.5) is 4.79 Å². The van der Waals surface area contributed by atoms with Crippen molar-refractivity contribution < 1.29 is 29.5 Å².